The van der Waals surface area contributed by atoms with Crippen LogP contribution in [-0.2, 0) is 16.6 Å². The number of benzene rings is 2. The van der Waals surface area contributed by atoms with Gasteiger partial charge in [-0.25, -0.2) is 13.1 Å². The number of hydrogen-bond acceptors (Lipinski definition) is 4. The molecule has 0 heterocycles. The highest BCUT2D eigenvalue weighted by molar-refractivity contribution is 7.89. The highest BCUT2D eigenvalue weighted by Crippen LogP contribution is 2.27. The number of ether oxygens (including phenoxy) is 1. The van der Waals surface area contributed by atoms with Gasteiger partial charge in [0.2, 0.25) is 10.0 Å². The lowest BCUT2D eigenvalue weighted by atomic mass is 10.1. The number of nitrogens with zero attached hydrogens (tertiary/aromatic N) is 1. The van der Waals surface area contributed by atoms with Gasteiger partial charge in [0.1, 0.15) is 10.6 Å². The first kappa shape index (κ1) is 19.7. The first-order valence-electron chi connectivity index (χ1n) is 8.50. The second-order valence-electron chi connectivity index (χ2n) is 6.55. The van der Waals surface area contributed by atoms with E-state index in [2.05, 4.69) is 4.72 Å². The molecule has 144 valence electrons. The summed E-state index contributed by atoms with van der Waals surface area (Å²) in [6.07, 6.45) is 1.64. The van der Waals surface area contributed by atoms with Gasteiger partial charge < -0.3 is 9.64 Å². The zero-order valence-corrected chi connectivity index (χ0v) is 16.7. The first-order valence-corrected chi connectivity index (χ1v) is 10.4. The van der Waals surface area contributed by atoms with Gasteiger partial charge in [0.15, 0.2) is 0 Å². The van der Waals surface area contributed by atoms with E-state index in [0.717, 1.165) is 24.2 Å². The maximum absolute atomic E-state index is 12.7. The summed E-state index contributed by atoms with van der Waals surface area (Å²) in [7, 11) is -0.486. The van der Waals surface area contributed by atoms with E-state index < -0.39 is 10.0 Å². The SMILES string of the molecule is COc1ccc(CN(C)C(=O)c2ccc(Cl)c(S(=O)(=O)NC3CC3)c2)cc1. The van der Waals surface area contributed by atoms with Gasteiger partial charge in [-0.15, -0.1) is 0 Å². The minimum absolute atomic E-state index is 0.0387. The van der Waals surface area contributed by atoms with Crippen LogP contribution in [0.2, 0.25) is 5.02 Å². The second kappa shape index (κ2) is 7.88. The van der Waals surface area contributed by atoms with E-state index in [9.17, 15) is 13.2 Å². The molecule has 3 rings (SSSR count). The molecule has 2 aromatic carbocycles. The fraction of sp³-hybridized carbons (Fsp3) is 0.316. The number of halogens is 1. The zero-order chi connectivity index (χ0) is 19.6. The van der Waals surface area contributed by atoms with Crippen molar-refractivity contribution in [2.75, 3.05) is 14.2 Å². The molecule has 6 nitrogen and oxygen atoms in total. The van der Waals surface area contributed by atoms with Gasteiger partial charge in [-0.3, -0.25) is 4.79 Å². The van der Waals surface area contributed by atoms with Crippen LogP contribution in [0.25, 0.3) is 0 Å². The molecule has 8 heteroatoms. The van der Waals surface area contributed by atoms with Crippen LogP contribution >= 0.6 is 11.6 Å². The summed E-state index contributed by atoms with van der Waals surface area (Å²) >= 11 is 6.07. The largest absolute Gasteiger partial charge is 0.497 e. The fourth-order valence-electron chi connectivity index (χ4n) is 2.62. The molecule has 2 aromatic rings. The Kier molecular flexibility index (Phi) is 5.74. The monoisotopic (exact) mass is 408 g/mol. The Morgan fingerprint density at radius 3 is 2.48 bits per heavy atom. The molecule has 1 amide bonds. The number of sulfonamides is 1. The molecule has 0 atom stereocenters. The molecule has 1 fully saturated rings. The van der Waals surface area contributed by atoms with Gasteiger partial charge in [0.25, 0.3) is 5.91 Å². The molecule has 1 aliphatic carbocycles. The lowest BCUT2D eigenvalue weighted by molar-refractivity contribution is 0.0785. The van der Waals surface area contributed by atoms with Crippen LogP contribution < -0.4 is 9.46 Å². The molecule has 1 aliphatic rings. The number of carbonyl (C=O) groups is 1. The van der Waals surface area contributed by atoms with Gasteiger partial charge in [0, 0.05) is 25.2 Å². The van der Waals surface area contributed by atoms with E-state index in [1.165, 1.54) is 23.1 Å². The van der Waals surface area contributed by atoms with Crippen molar-refractivity contribution in [1.82, 2.24) is 9.62 Å². The van der Waals surface area contributed by atoms with Crippen molar-refractivity contribution >= 4 is 27.5 Å². The third kappa shape index (κ3) is 4.80. The minimum Gasteiger partial charge on any atom is -0.497 e. The number of nitrogens with one attached hydrogen (secondary N) is 1. The van der Waals surface area contributed by atoms with E-state index in [1.54, 1.807) is 14.2 Å². The van der Waals surface area contributed by atoms with Crippen molar-refractivity contribution in [3.63, 3.8) is 0 Å². The van der Waals surface area contributed by atoms with E-state index in [-0.39, 0.29) is 27.4 Å². The molecule has 0 bridgehead atoms. The Balaban J connectivity index is 1.78. The quantitative estimate of drug-likeness (QED) is 0.763. The Hall–Kier alpha value is -2.09. The summed E-state index contributed by atoms with van der Waals surface area (Å²) in [5.74, 6) is 0.453. The van der Waals surface area contributed by atoms with Crippen LogP contribution in [0.15, 0.2) is 47.4 Å². The molecule has 1 N–H and O–H groups in total. The smallest absolute Gasteiger partial charge is 0.253 e. The van der Waals surface area contributed by atoms with Crippen molar-refractivity contribution in [3.8, 4) is 5.75 Å². The molecule has 0 aliphatic heterocycles. The molecule has 1 saturated carbocycles. The van der Waals surface area contributed by atoms with Crippen molar-refractivity contribution in [2.24, 2.45) is 0 Å². The number of rotatable bonds is 7. The summed E-state index contributed by atoms with van der Waals surface area (Å²) in [5.41, 5.74) is 1.20. The third-order valence-corrected chi connectivity index (χ3v) is 6.29. The number of carbonyl (C=O) groups excluding carboxylic acids is 1. The van der Waals surface area contributed by atoms with Crippen LogP contribution in [0.4, 0.5) is 0 Å². The average Bonchev–Trinajstić information content (AvgIpc) is 3.45. The maximum Gasteiger partial charge on any atom is 0.253 e. The number of hydrogen-bond donors (Lipinski definition) is 1. The van der Waals surface area contributed by atoms with E-state index in [4.69, 9.17) is 16.3 Å². The summed E-state index contributed by atoms with van der Waals surface area (Å²) in [4.78, 5) is 14.2. The normalized spacial score (nSPS) is 14.0. The first-order chi connectivity index (χ1) is 12.8. The van der Waals surface area contributed by atoms with Crippen LogP contribution in [0.3, 0.4) is 0 Å². The molecule has 0 saturated heterocycles. The lowest BCUT2D eigenvalue weighted by Crippen LogP contribution is -2.28. The van der Waals surface area contributed by atoms with E-state index in [0.29, 0.717) is 6.54 Å². The molecule has 27 heavy (non-hydrogen) atoms. The van der Waals surface area contributed by atoms with Crippen LogP contribution in [-0.4, -0.2) is 39.4 Å². The van der Waals surface area contributed by atoms with Gasteiger partial charge in [-0.05, 0) is 48.7 Å². The van der Waals surface area contributed by atoms with E-state index >= 15 is 0 Å². The van der Waals surface area contributed by atoms with Crippen LogP contribution in [0, 0.1) is 0 Å². The molecular weight excluding hydrogens is 388 g/mol. The van der Waals surface area contributed by atoms with Crippen molar-refractivity contribution in [1.29, 1.82) is 0 Å². The van der Waals surface area contributed by atoms with Gasteiger partial charge in [0.05, 0.1) is 12.1 Å². The van der Waals surface area contributed by atoms with Gasteiger partial charge in [-0.2, -0.15) is 0 Å². The number of methoxy groups -OCH3 is 1. The average molecular weight is 409 g/mol. The van der Waals surface area contributed by atoms with Gasteiger partial charge >= 0.3 is 0 Å². The summed E-state index contributed by atoms with van der Waals surface area (Å²) in [6.45, 7) is 0.383. The minimum atomic E-state index is -3.74. The predicted molar refractivity (Wildman–Crippen MR) is 104 cm³/mol. The third-order valence-electron chi connectivity index (χ3n) is 4.29. The van der Waals surface area contributed by atoms with E-state index in [1.807, 2.05) is 24.3 Å². The second-order valence-corrected chi connectivity index (χ2v) is 8.64. The van der Waals surface area contributed by atoms with Gasteiger partial charge in [-0.1, -0.05) is 23.7 Å². The zero-order valence-electron chi connectivity index (χ0n) is 15.1. The van der Waals surface area contributed by atoms with Crippen molar-refractivity contribution in [3.05, 3.63) is 58.6 Å². The predicted octanol–water partition coefficient (Wildman–Crippen LogP) is 3.06. The van der Waals surface area contributed by atoms with Crippen LogP contribution in [0.5, 0.6) is 5.75 Å². The topological polar surface area (TPSA) is 75.7 Å². The molecular formula is C19H21ClN2O4S. The lowest BCUT2D eigenvalue weighted by Gasteiger charge is -2.18. The standard InChI is InChI=1S/C19H21ClN2O4S/c1-22(12-13-3-8-16(26-2)9-4-13)19(23)14-5-10-17(20)18(11-14)27(24,25)21-15-6-7-15/h3-5,8-11,15,21H,6-7,12H2,1-2H3. The summed E-state index contributed by atoms with van der Waals surface area (Å²) < 4.78 is 32.6. The highest BCUT2D eigenvalue weighted by Gasteiger charge is 2.30. The Morgan fingerprint density at radius 1 is 1.22 bits per heavy atom. The summed E-state index contributed by atoms with van der Waals surface area (Å²) in [5, 5.41) is 0.0949. The maximum atomic E-state index is 12.7. The molecule has 0 spiro atoms. The van der Waals surface area contributed by atoms with Crippen molar-refractivity contribution < 1.29 is 17.9 Å². The highest BCUT2D eigenvalue weighted by atomic mass is 35.5. The fourth-order valence-corrected chi connectivity index (χ4v) is 4.45. The number of amides is 1. The Labute approximate surface area is 164 Å². The Bertz CT molecular complexity index is 941. The van der Waals surface area contributed by atoms with Crippen LogP contribution in [0.1, 0.15) is 28.8 Å². The molecule has 0 unspecified atom stereocenters. The molecule has 0 radical (unpaired) electrons. The molecule has 0 aromatic heterocycles. The van der Waals surface area contributed by atoms with Crippen molar-refractivity contribution in [2.45, 2.75) is 30.3 Å². The Morgan fingerprint density at radius 2 is 1.89 bits per heavy atom. The summed E-state index contributed by atoms with van der Waals surface area (Å²) in [6, 6.07) is 11.7.